The van der Waals surface area contributed by atoms with E-state index in [1.807, 2.05) is 0 Å². The molecule has 2 saturated heterocycles. The molecule has 0 saturated carbocycles. The molecule has 1 aromatic heterocycles. The molecular weight excluding hydrogens is 232 g/mol. The Balaban J connectivity index is 1.73. The fourth-order valence-corrected chi connectivity index (χ4v) is 2.60. The lowest BCUT2D eigenvalue weighted by atomic mass is 10.2. The van der Waals surface area contributed by atoms with Gasteiger partial charge in [-0.25, -0.2) is 14.8 Å². The molecule has 2 aliphatic heterocycles. The Hall–Kier alpha value is -1.69. The second kappa shape index (κ2) is 4.53. The van der Waals surface area contributed by atoms with Crippen LogP contribution in [0.5, 0.6) is 0 Å². The molecule has 18 heavy (non-hydrogen) atoms. The second-order valence-corrected chi connectivity index (χ2v) is 4.64. The van der Waals surface area contributed by atoms with Crippen molar-refractivity contribution in [2.45, 2.75) is 25.4 Å². The second-order valence-electron chi connectivity index (χ2n) is 4.64. The third-order valence-corrected chi connectivity index (χ3v) is 3.46. The molecule has 3 heterocycles. The van der Waals surface area contributed by atoms with E-state index >= 15 is 0 Å². The predicted octanol–water partition coefficient (Wildman–Crippen LogP) is 0.204. The van der Waals surface area contributed by atoms with E-state index in [9.17, 15) is 4.79 Å². The first-order chi connectivity index (χ1) is 8.78. The Kier molecular flexibility index (Phi) is 2.87. The molecule has 1 aromatic rings. The first-order valence-electron chi connectivity index (χ1n) is 6.27. The molecule has 6 nitrogen and oxygen atoms in total. The van der Waals surface area contributed by atoms with Crippen molar-refractivity contribution in [2.75, 3.05) is 24.6 Å². The van der Waals surface area contributed by atoms with Gasteiger partial charge in [-0.2, -0.15) is 0 Å². The number of carbonyl (C=O) groups excluding carboxylic acids is 1. The smallest absolute Gasteiger partial charge is 0.341 e. The standard InChI is InChI=1S/C12H16N4O2/c1-2-18-11(17)8-4-14-12(15-5-8)16-7-9-3-10(16)6-13-9/h4-5,9-10,13H,2-3,6-7H2,1H3. The highest BCUT2D eigenvalue weighted by atomic mass is 16.5. The Bertz CT molecular complexity index is 448. The molecule has 0 spiro atoms. The number of hydrogen-bond donors (Lipinski definition) is 1. The molecule has 0 amide bonds. The van der Waals surface area contributed by atoms with Crippen LogP contribution in [0.1, 0.15) is 23.7 Å². The zero-order valence-electron chi connectivity index (χ0n) is 10.3. The van der Waals surface area contributed by atoms with Gasteiger partial charge in [-0.15, -0.1) is 0 Å². The summed E-state index contributed by atoms with van der Waals surface area (Å²) in [5.41, 5.74) is 0.406. The van der Waals surface area contributed by atoms with Gasteiger partial charge in [0.2, 0.25) is 5.95 Å². The molecule has 6 heteroatoms. The molecule has 2 atom stereocenters. The van der Waals surface area contributed by atoms with E-state index < -0.39 is 0 Å². The molecule has 1 N–H and O–H groups in total. The molecule has 0 radical (unpaired) electrons. The number of carbonyl (C=O) groups is 1. The number of ether oxygens (including phenoxy) is 1. The Morgan fingerprint density at radius 3 is 2.89 bits per heavy atom. The van der Waals surface area contributed by atoms with Crippen LogP contribution in [-0.2, 0) is 4.74 Å². The Labute approximate surface area is 105 Å². The van der Waals surface area contributed by atoms with Crippen LogP contribution in [-0.4, -0.2) is 47.7 Å². The fourth-order valence-electron chi connectivity index (χ4n) is 2.60. The summed E-state index contributed by atoms with van der Waals surface area (Å²) >= 11 is 0. The zero-order chi connectivity index (χ0) is 12.5. The summed E-state index contributed by atoms with van der Waals surface area (Å²) in [4.78, 5) is 22.2. The zero-order valence-corrected chi connectivity index (χ0v) is 10.3. The molecule has 0 aliphatic carbocycles. The fraction of sp³-hybridized carbons (Fsp3) is 0.583. The maximum Gasteiger partial charge on any atom is 0.341 e. The number of anilines is 1. The Morgan fingerprint density at radius 1 is 1.56 bits per heavy atom. The van der Waals surface area contributed by atoms with Gasteiger partial charge in [0.05, 0.1) is 12.2 Å². The van der Waals surface area contributed by atoms with Gasteiger partial charge in [-0.3, -0.25) is 0 Å². The van der Waals surface area contributed by atoms with Crippen LogP contribution in [0.2, 0.25) is 0 Å². The highest BCUT2D eigenvalue weighted by Crippen LogP contribution is 2.26. The highest BCUT2D eigenvalue weighted by Gasteiger charge is 2.38. The summed E-state index contributed by atoms with van der Waals surface area (Å²) in [6, 6.07) is 1.05. The van der Waals surface area contributed by atoms with Gasteiger partial charge in [0.1, 0.15) is 0 Å². The van der Waals surface area contributed by atoms with E-state index in [4.69, 9.17) is 4.74 Å². The van der Waals surface area contributed by atoms with E-state index in [-0.39, 0.29) is 5.97 Å². The third kappa shape index (κ3) is 1.92. The van der Waals surface area contributed by atoms with Crippen LogP contribution in [0, 0.1) is 0 Å². The van der Waals surface area contributed by atoms with Gasteiger partial charge in [0.25, 0.3) is 0 Å². The monoisotopic (exact) mass is 248 g/mol. The lowest BCUT2D eigenvalue weighted by Gasteiger charge is -2.27. The normalized spacial score (nSPS) is 25.5. The van der Waals surface area contributed by atoms with Gasteiger partial charge in [0.15, 0.2) is 0 Å². The van der Waals surface area contributed by atoms with Crippen molar-refractivity contribution in [3.05, 3.63) is 18.0 Å². The van der Waals surface area contributed by atoms with Gasteiger partial charge < -0.3 is 15.0 Å². The van der Waals surface area contributed by atoms with E-state index in [1.54, 1.807) is 19.3 Å². The minimum absolute atomic E-state index is 0.363. The van der Waals surface area contributed by atoms with Gasteiger partial charge in [0, 0.05) is 37.6 Å². The quantitative estimate of drug-likeness (QED) is 0.771. The van der Waals surface area contributed by atoms with Crippen molar-refractivity contribution >= 4 is 11.9 Å². The highest BCUT2D eigenvalue weighted by molar-refractivity contribution is 5.88. The van der Waals surface area contributed by atoms with Crippen LogP contribution in [0.3, 0.4) is 0 Å². The number of piperazine rings is 1. The number of rotatable bonds is 3. The number of hydrogen-bond acceptors (Lipinski definition) is 6. The van der Waals surface area contributed by atoms with E-state index in [1.165, 1.54) is 0 Å². The van der Waals surface area contributed by atoms with E-state index in [2.05, 4.69) is 20.2 Å². The number of esters is 1. The molecule has 2 fully saturated rings. The van der Waals surface area contributed by atoms with Crippen LogP contribution in [0.15, 0.2) is 12.4 Å². The molecule has 2 bridgehead atoms. The Morgan fingerprint density at radius 2 is 2.33 bits per heavy atom. The molecule has 2 unspecified atom stereocenters. The van der Waals surface area contributed by atoms with Gasteiger partial charge in [-0.1, -0.05) is 0 Å². The van der Waals surface area contributed by atoms with Crippen molar-refractivity contribution < 1.29 is 9.53 Å². The van der Waals surface area contributed by atoms with Crippen molar-refractivity contribution in [3.8, 4) is 0 Å². The largest absolute Gasteiger partial charge is 0.462 e. The molecule has 3 rings (SSSR count). The molecule has 96 valence electrons. The van der Waals surface area contributed by atoms with Gasteiger partial charge in [-0.05, 0) is 13.3 Å². The van der Waals surface area contributed by atoms with Crippen molar-refractivity contribution in [1.82, 2.24) is 15.3 Å². The van der Waals surface area contributed by atoms with E-state index in [0.717, 1.165) is 19.5 Å². The molecule has 0 aromatic carbocycles. The maximum absolute atomic E-state index is 11.5. The lowest BCUT2D eigenvalue weighted by molar-refractivity contribution is 0.0525. The number of nitrogens with zero attached hydrogens (tertiary/aromatic N) is 3. The number of nitrogens with one attached hydrogen (secondary N) is 1. The van der Waals surface area contributed by atoms with Crippen LogP contribution < -0.4 is 10.2 Å². The molecular formula is C12H16N4O2. The van der Waals surface area contributed by atoms with Crippen LogP contribution in [0.4, 0.5) is 5.95 Å². The summed E-state index contributed by atoms with van der Waals surface area (Å²) in [7, 11) is 0. The average Bonchev–Trinajstić information content (AvgIpc) is 3.01. The van der Waals surface area contributed by atoms with Crippen molar-refractivity contribution in [1.29, 1.82) is 0 Å². The van der Waals surface area contributed by atoms with E-state index in [0.29, 0.717) is 30.2 Å². The van der Waals surface area contributed by atoms with Crippen LogP contribution in [0.25, 0.3) is 0 Å². The first-order valence-corrected chi connectivity index (χ1v) is 6.27. The average molecular weight is 248 g/mol. The van der Waals surface area contributed by atoms with Crippen molar-refractivity contribution in [2.24, 2.45) is 0 Å². The minimum Gasteiger partial charge on any atom is -0.462 e. The predicted molar refractivity (Wildman–Crippen MR) is 65.5 cm³/mol. The SMILES string of the molecule is CCOC(=O)c1cnc(N2CC3CC2CN3)nc1. The topological polar surface area (TPSA) is 67.3 Å². The van der Waals surface area contributed by atoms with Gasteiger partial charge >= 0.3 is 5.97 Å². The number of aromatic nitrogens is 2. The summed E-state index contributed by atoms with van der Waals surface area (Å²) in [6.45, 7) is 4.08. The molecule has 2 aliphatic rings. The van der Waals surface area contributed by atoms with Crippen molar-refractivity contribution in [3.63, 3.8) is 0 Å². The minimum atomic E-state index is -0.367. The summed E-state index contributed by atoms with van der Waals surface area (Å²) in [6.07, 6.45) is 4.24. The summed E-state index contributed by atoms with van der Waals surface area (Å²) < 4.78 is 4.90. The lowest BCUT2D eigenvalue weighted by Crippen LogP contribution is -2.44. The third-order valence-electron chi connectivity index (χ3n) is 3.46. The van der Waals surface area contributed by atoms with Crippen LogP contribution >= 0.6 is 0 Å². The summed E-state index contributed by atoms with van der Waals surface area (Å²) in [5.74, 6) is 0.339. The maximum atomic E-state index is 11.5. The number of fused-ring (bicyclic) bond motifs is 2. The summed E-state index contributed by atoms with van der Waals surface area (Å²) in [5, 5.41) is 3.43. The first kappa shape index (κ1) is 11.4.